The average Bonchev–Trinajstić information content (AvgIpc) is 2.83. The second-order valence-corrected chi connectivity index (χ2v) is 10.8. The number of para-hydroxylation sites is 1. The highest BCUT2D eigenvalue weighted by molar-refractivity contribution is 7.71. The Morgan fingerprint density at radius 2 is 1.97 bits per heavy atom. The van der Waals surface area contributed by atoms with Crippen LogP contribution in [0.15, 0.2) is 54.1 Å². The Labute approximate surface area is 227 Å². The molecule has 2 aromatic rings. The van der Waals surface area contributed by atoms with E-state index in [4.69, 9.17) is 36.5 Å². The molecule has 0 saturated heterocycles. The number of benzene rings is 1. The van der Waals surface area contributed by atoms with Crippen LogP contribution >= 0.6 is 20.0 Å². The van der Waals surface area contributed by atoms with Crippen LogP contribution in [0.5, 0.6) is 5.75 Å². The van der Waals surface area contributed by atoms with Crippen molar-refractivity contribution in [3.63, 3.8) is 0 Å². The van der Waals surface area contributed by atoms with E-state index in [0.29, 0.717) is 0 Å². The van der Waals surface area contributed by atoms with E-state index < -0.39 is 68.7 Å². The number of ether oxygens (including phenoxy) is 2. The van der Waals surface area contributed by atoms with Crippen LogP contribution in [0.1, 0.15) is 33.4 Å². The van der Waals surface area contributed by atoms with Crippen LogP contribution in [0.3, 0.4) is 0 Å². The highest BCUT2D eigenvalue weighted by atomic mass is 32.1. The van der Waals surface area contributed by atoms with E-state index >= 15 is 0 Å². The number of nitrogens with zero attached hydrogens (tertiary/aromatic N) is 2. The van der Waals surface area contributed by atoms with Crippen LogP contribution in [0.4, 0.5) is 19.0 Å². The van der Waals surface area contributed by atoms with Gasteiger partial charge in [-0.05, 0) is 51.2 Å². The maximum absolute atomic E-state index is 13.9. The van der Waals surface area contributed by atoms with Crippen molar-refractivity contribution in [3.05, 3.63) is 58.9 Å². The van der Waals surface area contributed by atoms with Crippen molar-refractivity contribution in [1.29, 1.82) is 0 Å². The van der Waals surface area contributed by atoms with Crippen molar-refractivity contribution < 1.29 is 46.2 Å². The molecule has 214 valence electrons. The molecular weight excluding hydrogens is 564 g/mol. The molecule has 1 aliphatic heterocycles. The average molecular weight is 593 g/mol. The van der Waals surface area contributed by atoms with Crippen LogP contribution in [0.25, 0.3) is 0 Å². The van der Waals surface area contributed by atoms with E-state index in [-0.39, 0.29) is 16.3 Å². The van der Waals surface area contributed by atoms with Crippen molar-refractivity contribution in [2.45, 2.75) is 51.7 Å². The molecule has 16 heteroatoms. The van der Waals surface area contributed by atoms with Gasteiger partial charge < -0.3 is 24.8 Å². The first-order chi connectivity index (χ1) is 18.2. The molecule has 1 aromatic carbocycles. The molecule has 3 rings (SSSR count). The predicted octanol–water partition coefficient (Wildman–Crippen LogP) is 5.20. The first-order valence-electron chi connectivity index (χ1n) is 11.6. The second kappa shape index (κ2) is 12.4. The van der Waals surface area contributed by atoms with E-state index in [2.05, 4.69) is 10.1 Å². The number of nitrogens with two attached hydrogens (primary N) is 1. The van der Waals surface area contributed by atoms with Crippen LogP contribution in [0.2, 0.25) is 0 Å². The van der Waals surface area contributed by atoms with Crippen molar-refractivity contribution in [2.24, 2.45) is 5.92 Å². The molecule has 2 unspecified atom stereocenters. The van der Waals surface area contributed by atoms with Gasteiger partial charge in [0, 0.05) is 12.6 Å². The van der Waals surface area contributed by atoms with Gasteiger partial charge in [0.2, 0.25) is 4.77 Å². The zero-order chi connectivity index (χ0) is 29.0. The number of hydrogen-bond acceptors (Lipinski definition) is 10. The third-order valence-electron chi connectivity index (χ3n) is 5.28. The number of carbonyl (C=O) groups excluding carboxylic acids is 1. The molecule has 2 heterocycles. The quantitative estimate of drug-likeness (QED) is 0.190. The number of anilines is 1. The number of carbonyl (C=O) groups is 1. The van der Waals surface area contributed by atoms with Gasteiger partial charge in [0.25, 0.3) is 0 Å². The summed E-state index contributed by atoms with van der Waals surface area (Å²) in [6, 6.07) is 7.90. The first kappa shape index (κ1) is 30.4. The number of aliphatic hydroxyl groups is 1. The third-order valence-corrected chi connectivity index (χ3v) is 7.21. The largest absolute Gasteiger partial charge is 0.509 e. The van der Waals surface area contributed by atoms with Crippen molar-refractivity contribution >= 4 is 31.8 Å². The molecule has 4 N–H and O–H groups in total. The van der Waals surface area contributed by atoms with E-state index in [0.717, 1.165) is 4.57 Å². The monoisotopic (exact) mass is 592 g/mol. The lowest BCUT2D eigenvalue weighted by Crippen LogP contribution is -2.38. The van der Waals surface area contributed by atoms with Crippen molar-refractivity contribution in [3.8, 4) is 5.75 Å². The van der Waals surface area contributed by atoms with Crippen molar-refractivity contribution in [2.75, 3.05) is 12.3 Å². The Bertz CT molecular complexity index is 1310. The lowest BCUT2D eigenvalue weighted by Gasteiger charge is -2.35. The standard InChI is InChI=1S/C23H28F3N4O7PS/c1-13(2)35-21(32)14(3)29-38(33,37-15-7-5-4-6-8-15)34-12-18-17(31)11-16(23(24,25)26)20(36-18)30-10-9-19(27)28-22(30)39/h4-10,13-14,16,20,31H,11-12H2,1-3H3,(H,29,33)(H2,27,28,39)/t14-,16?,20+,38?/m0/s1. The highest BCUT2D eigenvalue weighted by Crippen LogP contribution is 2.48. The fourth-order valence-electron chi connectivity index (χ4n) is 3.46. The van der Waals surface area contributed by atoms with Crippen LogP contribution in [-0.4, -0.2) is 45.6 Å². The first-order valence-corrected chi connectivity index (χ1v) is 13.6. The number of esters is 1. The second-order valence-electron chi connectivity index (χ2n) is 8.78. The Morgan fingerprint density at radius 3 is 2.56 bits per heavy atom. The van der Waals surface area contributed by atoms with Gasteiger partial charge in [-0.3, -0.25) is 13.9 Å². The van der Waals surface area contributed by atoms with E-state index in [1.54, 1.807) is 32.0 Å². The van der Waals surface area contributed by atoms with Gasteiger partial charge in [-0.25, -0.2) is 9.55 Å². The maximum atomic E-state index is 13.9. The zero-order valence-corrected chi connectivity index (χ0v) is 22.8. The molecule has 0 fully saturated rings. The number of allylic oxidation sites excluding steroid dienone is 1. The van der Waals surface area contributed by atoms with Gasteiger partial charge in [0.1, 0.15) is 35.9 Å². The molecule has 0 aliphatic carbocycles. The summed E-state index contributed by atoms with van der Waals surface area (Å²) in [7, 11) is -4.40. The predicted molar refractivity (Wildman–Crippen MR) is 136 cm³/mol. The van der Waals surface area contributed by atoms with E-state index in [1.165, 1.54) is 31.3 Å². The summed E-state index contributed by atoms with van der Waals surface area (Å²) in [5.74, 6) is -4.07. The molecular formula is C23H28F3N4O7PS. The number of rotatable bonds is 10. The van der Waals surface area contributed by atoms with Gasteiger partial charge in [-0.2, -0.15) is 18.3 Å². The van der Waals surface area contributed by atoms with Gasteiger partial charge in [-0.15, -0.1) is 0 Å². The molecule has 11 nitrogen and oxygen atoms in total. The van der Waals surface area contributed by atoms with Gasteiger partial charge >= 0.3 is 19.9 Å². The van der Waals surface area contributed by atoms with Gasteiger partial charge in [-0.1, -0.05) is 18.2 Å². The molecule has 1 aromatic heterocycles. The number of aromatic nitrogens is 2. The van der Waals surface area contributed by atoms with Crippen molar-refractivity contribution in [1.82, 2.24) is 14.6 Å². The van der Waals surface area contributed by atoms with E-state index in [9.17, 15) is 27.6 Å². The number of nitrogen functional groups attached to an aromatic ring is 1. The molecule has 1 aliphatic rings. The lowest BCUT2D eigenvalue weighted by atomic mass is 9.98. The summed E-state index contributed by atoms with van der Waals surface area (Å²) in [6.45, 7) is 3.84. The Morgan fingerprint density at radius 1 is 1.31 bits per heavy atom. The summed E-state index contributed by atoms with van der Waals surface area (Å²) in [4.78, 5) is 16.1. The molecule has 0 spiro atoms. The number of halogens is 3. The Hall–Kier alpha value is -3.13. The number of alkyl halides is 3. The molecule has 39 heavy (non-hydrogen) atoms. The number of nitrogens with one attached hydrogen (secondary N) is 1. The van der Waals surface area contributed by atoms with Gasteiger partial charge in [0.05, 0.1) is 6.10 Å². The smallest absolute Gasteiger partial charge is 0.459 e. The zero-order valence-electron chi connectivity index (χ0n) is 21.1. The minimum atomic E-state index is -4.79. The van der Waals surface area contributed by atoms with Gasteiger partial charge in [0.15, 0.2) is 12.0 Å². The SMILES string of the molecule is CC(C)OC(=O)[C@H](C)NP(=O)(OCC1=C(O)CC(C(F)(F)F)[C@H](n2ccc(N)nc2=S)O1)Oc1ccccc1. The van der Waals surface area contributed by atoms with E-state index in [1.807, 2.05) is 0 Å². The Kier molecular flexibility index (Phi) is 9.64. The summed E-state index contributed by atoms with van der Waals surface area (Å²) < 4.78 is 77.4. The van der Waals surface area contributed by atoms with Crippen LogP contribution < -0.4 is 15.3 Å². The molecule has 4 atom stereocenters. The molecule has 0 saturated carbocycles. The third kappa shape index (κ3) is 8.18. The summed E-state index contributed by atoms with van der Waals surface area (Å²) >= 11 is 5.06. The topological polar surface area (TPSA) is 147 Å². The molecule has 0 bridgehead atoms. The molecule has 0 radical (unpaired) electrons. The normalized spacial score (nSPS) is 20.2. The summed E-state index contributed by atoms with van der Waals surface area (Å²) in [5, 5.41) is 12.9. The van der Waals surface area contributed by atoms with Crippen LogP contribution in [0, 0.1) is 10.7 Å². The maximum Gasteiger partial charge on any atom is 0.459 e. The van der Waals surface area contributed by atoms with Crippen LogP contribution in [-0.2, 0) is 23.4 Å². The minimum absolute atomic E-state index is 0.00671. The number of aliphatic hydroxyl groups excluding tert-OH is 1. The fraction of sp³-hybridized carbons (Fsp3) is 0.435. The summed E-state index contributed by atoms with van der Waals surface area (Å²) in [5.41, 5.74) is 5.56. The lowest BCUT2D eigenvalue weighted by molar-refractivity contribution is -0.225. The molecule has 0 amide bonds. The fourth-order valence-corrected chi connectivity index (χ4v) is 5.18. The minimum Gasteiger partial charge on any atom is -0.509 e. The summed E-state index contributed by atoms with van der Waals surface area (Å²) in [6.07, 6.45) is -6.72. The Balaban J connectivity index is 1.88. The number of hydrogen-bond donors (Lipinski definition) is 3. The highest BCUT2D eigenvalue weighted by Gasteiger charge is 2.50.